The predicted octanol–water partition coefficient (Wildman–Crippen LogP) is 6.88. The Kier molecular flexibility index (Phi) is 8.68. The minimum absolute atomic E-state index is 0.0461. The molecule has 0 aromatic carbocycles. The van der Waals surface area contributed by atoms with Gasteiger partial charge in [0.1, 0.15) is 44.0 Å². The number of nitrogens with zero attached hydrogens (tertiary/aromatic N) is 8. The minimum Gasteiger partial charge on any atom is -0.360 e. The normalized spacial score (nSPS) is 20.7. The van der Waals surface area contributed by atoms with Crippen LogP contribution in [0.1, 0.15) is 109 Å². The summed E-state index contributed by atoms with van der Waals surface area (Å²) in [4.78, 5) is 30.1. The van der Waals surface area contributed by atoms with Crippen LogP contribution in [0.25, 0.3) is 28.9 Å². The highest BCUT2D eigenvalue weighted by atomic mass is 32.2. The van der Waals surface area contributed by atoms with E-state index in [2.05, 4.69) is 23.1 Å². The van der Waals surface area contributed by atoms with Crippen molar-refractivity contribution < 1.29 is 0 Å². The molecule has 0 bridgehead atoms. The summed E-state index contributed by atoms with van der Waals surface area (Å²) in [6.45, 7) is 5.66. The van der Waals surface area contributed by atoms with Crippen molar-refractivity contribution in [3.8, 4) is 24.3 Å². The Labute approximate surface area is 312 Å². The second-order valence-corrected chi connectivity index (χ2v) is 17.9. The Morgan fingerprint density at radius 2 is 1.27 bits per heavy atom. The zero-order chi connectivity index (χ0) is 35.5. The first-order valence-corrected chi connectivity index (χ1v) is 20.8. The summed E-state index contributed by atoms with van der Waals surface area (Å²) in [7, 11) is 0. The number of thioether (sulfide) groups is 1. The van der Waals surface area contributed by atoms with Crippen LogP contribution in [0.5, 0.6) is 0 Å². The van der Waals surface area contributed by atoms with Gasteiger partial charge in [-0.25, -0.2) is 9.97 Å². The standard InChI is InChI=1S/C38H34N8OS4/c1-3-45-21-24(48-35(45)22(17-39)18-40)15-26-43-32-30(50-26)28-29(37(32)11-7-5-8-12-37)31-33(38(28)13-9-6-10-14-38)44-27(51-31)16-25-34(47)46(4-2)36(49-25)23(19-41)20-42/h15-16H,3-14,21H2,1-2H3/b24-15+,25-16+. The molecule has 4 heterocycles. The lowest BCUT2D eigenvalue weighted by atomic mass is 9.68. The van der Waals surface area contributed by atoms with Gasteiger partial charge in [0.2, 0.25) is 0 Å². The molecule has 0 radical (unpaired) electrons. The third-order valence-corrected chi connectivity index (χ3v) is 15.5. The SMILES string of the molecule is CCN1C/C(=C\c2nc3c(s2)C2=C(c4sc(/C=c5/sc(=C(C#N)C#N)n(CC)c5=O)nc4C24CCCCC4)C32CCCCC2)SC1=C(C#N)C#N. The van der Waals surface area contributed by atoms with E-state index in [0.29, 0.717) is 22.3 Å². The second-order valence-electron chi connectivity index (χ2n) is 13.7. The molecule has 0 unspecified atom stereocenters. The molecule has 0 atom stereocenters. The molecule has 1 aliphatic heterocycles. The van der Waals surface area contributed by atoms with Crippen molar-refractivity contribution in [1.29, 1.82) is 21.0 Å². The van der Waals surface area contributed by atoms with E-state index in [4.69, 9.17) is 9.97 Å². The summed E-state index contributed by atoms with van der Waals surface area (Å²) in [5, 5.41) is 40.8. The van der Waals surface area contributed by atoms with Gasteiger partial charge in [0.15, 0.2) is 11.1 Å². The largest absolute Gasteiger partial charge is 0.360 e. The molecule has 1 saturated heterocycles. The number of likely N-dealkylation sites (N-methyl/N-ethyl adjacent to an activating group) is 1. The number of nitriles is 4. The van der Waals surface area contributed by atoms with Crippen molar-refractivity contribution >= 4 is 74.6 Å². The number of hydrogen-bond donors (Lipinski definition) is 0. The third kappa shape index (κ3) is 5.05. The number of thiazole rings is 3. The minimum atomic E-state index is -0.192. The Bertz CT molecular complexity index is 2420. The number of allylic oxidation sites excluding steroid dienone is 3. The molecule has 3 aromatic heterocycles. The van der Waals surface area contributed by atoms with Crippen LogP contribution in [-0.2, 0) is 17.4 Å². The molecule has 5 aliphatic rings. The van der Waals surface area contributed by atoms with Gasteiger partial charge in [-0.15, -0.1) is 34.0 Å². The molecule has 0 amide bonds. The lowest BCUT2D eigenvalue weighted by molar-refractivity contribution is 0.366. The first-order valence-electron chi connectivity index (χ1n) is 17.6. The Hall–Kier alpha value is -4.24. The molecule has 13 heteroatoms. The van der Waals surface area contributed by atoms with E-state index in [1.165, 1.54) is 72.8 Å². The highest BCUT2D eigenvalue weighted by Crippen LogP contribution is 2.70. The number of fused-ring (bicyclic) bond motifs is 8. The fourth-order valence-corrected chi connectivity index (χ4v) is 13.9. The van der Waals surface area contributed by atoms with Crippen molar-refractivity contribution in [3.63, 3.8) is 0 Å². The Balaban J connectivity index is 1.29. The molecule has 9 nitrogen and oxygen atoms in total. The number of hydrogen-bond acceptors (Lipinski definition) is 12. The molecular weight excluding hydrogens is 713 g/mol. The van der Waals surface area contributed by atoms with Crippen LogP contribution in [0.3, 0.4) is 0 Å². The molecule has 2 spiro atoms. The lowest BCUT2D eigenvalue weighted by Crippen LogP contribution is -2.31. The summed E-state index contributed by atoms with van der Waals surface area (Å²) in [6, 6.07) is 8.06. The van der Waals surface area contributed by atoms with Crippen molar-refractivity contribution in [2.45, 2.75) is 95.4 Å². The van der Waals surface area contributed by atoms with Gasteiger partial charge in [0.25, 0.3) is 5.56 Å². The van der Waals surface area contributed by atoms with E-state index < -0.39 is 0 Å². The number of aromatic nitrogens is 3. The number of rotatable bonds is 4. The van der Waals surface area contributed by atoms with Crippen molar-refractivity contribution in [1.82, 2.24) is 19.4 Å². The van der Waals surface area contributed by atoms with E-state index in [0.717, 1.165) is 77.9 Å². The Morgan fingerprint density at radius 3 is 1.76 bits per heavy atom. The van der Waals surface area contributed by atoms with Gasteiger partial charge >= 0.3 is 0 Å². The highest BCUT2D eigenvalue weighted by molar-refractivity contribution is 8.07. The van der Waals surface area contributed by atoms with E-state index in [1.807, 2.05) is 32.1 Å². The maximum absolute atomic E-state index is 13.5. The van der Waals surface area contributed by atoms with E-state index >= 15 is 0 Å². The molecule has 8 rings (SSSR count). The van der Waals surface area contributed by atoms with E-state index in [-0.39, 0.29) is 27.5 Å². The summed E-state index contributed by atoms with van der Waals surface area (Å²) < 4.78 is 2.41. The van der Waals surface area contributed by atoms with Crippen LogP contribution in [-0.4, -0.2) is 32.5 Å². The molecular formula is C38H34N8OS4. The van der Waals surface area contributed by atoms with Crippen molar-refractivity contribution in [2.24, 2.45) is 0 Å². The molecule has 0 N–H and O–H groups in total. The summed E-state index contributed by atoms with van der Waals surface area (Å²) in [5.74, 6) is 0. The van der Waals surface area contributed by atoms with Gasteiger partial charge < -0.3 is 4.90 Å². The molecule has 2 saturated carbocycles. The van der Waals surface area contributed by atoms with E-state index in [1.54, 1.807) is 22.7 Å². The quantitative estimate of drug-likeness (QED) is 0.261. The van der Waals surface area contributed by atoms with Crippen LogP contribution in [0, 0.1) is 45.3 Å². The van der Waals surface area contributed by atoms with Crippen molar-refractivity contribution in [2.75, 3.05) is 13.1 Å². The fourth-order valence-electron chi connectivity index (χ4n) is 8.95. The van der Waals surface area contributed by atoms with Gasteiger partial charge in [-0.1, -0.05) is 50.3 Å². The Morgan fingerprint density at radius 1 is 0.745 bits per heavy atom. The van der Waals surface area contributed by atoms with Gasteiger partial charge in [-0.05, 0) is 62.8 Å². The smallest absolute Gasteiger partial charge is 0.269 e. The van der Waals surface area contributed by atoms with Crippen LogP contribution < -0.4 is 14.8 Å². The monoisotopic (exact) mass is 746 g/mol. The summed E-state index contributed by atoms with van der Waals surface area (Å²) in [6.07, 6.45) is 15.2. The summed E-state index contributed by atoms with van der Waals surface area (Å²) in [5.41, 5.74) is 4.87. The van der Waals surface area contributed by atoms with Crippen LogP contribution in [0.4, 0.5) is 0 Å². The maximum Gasteiger partial charge on any atom is 0.269 e. The fraction of sp³-hybridized carbons (Fsp3) is 0.447. The molecule has 4 aliphatic carbocycles. The van der Waals surface area contributed by atoms with E-state index in [9.17, 15) is 25.8 Å². The maximum atomic E-state index is 13.5. The molecule has 3 fully saturated rings. The van der Waals surface area contributed by atoms with Gasteiger partial charge in [0.05, 0.1) is 25.7 Å². The molecule has 256 valence electrons. The van der Waals surface area contributed by atoms with Gasteiger partial charge in [0, 0.05) is 35.4 Å². The first-order chi connectivity index (χ1) is 24.9. The third-order valence-electron chi connectivity index (χ3n) is 11.2. The highest BCUT2D eigenvalue weighted by Gasteiger charge is 2.60. The van der Waals surface area contributed by atoms with Crippen LogP contribution in [0.2, 0.25) is 0 Å². The van der Waals surface area contributed by atoms with Gasteiger partial charge in [-0.2, -0.15) is 21.0 Å². The average Bonchev–Trinajstić information content (AvgIpc) is 3.99. The zero-order valence-electron chi connectivity index (χ0n) is 28.5. The van der Waals surface area contributed by atoms with Crippen LogP contribution in [0.15, 0.2) is 20.3 Å². The van der Waals surface area contributed by atoms with Gasteiger partial charge in [-0.3, -0.25) is 9.36 Å². The average molecular weight is 747 g/mol. The second kappa shape index (κ2) is 13.1. The molecule has 3 aromatic rings. The molecule has 51 heavy (non-hydrogen) atoms. The lowest BCUT2D eigenvalue weighted by Gasteiger charge is -2.35. The van der Waals surface area contributed by atoms with Crippen LogP contribution >= 0.6 is 45.8 Å². The predicted molar refractivity (Wildman–Crippen MR) is 203 cm³/mol. The zero-order valence-corrected chi connectivity index (χ0v) is 31.7. The topological polar surface area (TPSA) is 146 Å². The first kappa shape index (κ1) is 33.9. The summed E-state index contributed by atoms with van der Waals surface area (Å²) >= 11 is 6.20. The van der Waals surface area contributed by atoms with Crippen molar-refractivity contribution in [3.05, 3.63) is 66.2 Å².